The van der Waals surface area contributed by atoms with Crippen LogP contribution in [0.3, 0.4) is 0 Å². The van der Waals surface area contributed by atoms with E-state index in [1.807, 2.05) is 6.07 Å². The van der Waals surface area contributed by atoms with Crippen LogP contribution in [0.1, 0.15) is 69.9 Å². The van der Waals surface area contributed by atoms with Gasteiger partial charge in [0.1, 0.15) is 0 Å². The molecular weight excluding hydrogens is 286 g/mol. The SMILES string of the molecule is CCCCCCCCCC(N)c1ccccc1Br. The number of halogens is 1. The zero-order valence-corrected chi connectivity index (χ0v) is 13.1. The second kappa shape index (κ2) is 9.57. The molecule has 0 aliphatic rings. The number of nitrogens with two attached hydrogens (primary N) is 1. The Morgan fingerprint density at radius 2 is 1.61 bits per heavy atom. The van der Waals surface area contributed by atoms with Crippen LogP contribution >= 0.6 is 15.9 Å². The fourth-order valence-corrected chi connectivity index (χ4v) is 2.83. The normalized spacial score (nSPS) is 12.6. The van der Waals surface area contributed by atoms with E-state index in [0.29, 0.717) is 0 Å². The zero-order valence-electron chi connectivity index (χ0n) is 11.5. The molecule has 2 N–H and O–H groups in total. The van der Waals surface area contributed by atoms with Crippen LogP contribution in [0, 0.1) is 0 Å². The van der Waals surface area contributed by atoms with Crippen LogP contribution in [-0.2, 0) is 0 Å². The Labute approximate surface area is 120 Å². The average Bonchev–Trinajstić information content (AvgIpc) is 2.38. The van der Waals surface area contributed by atoms with Gasteiger partial charge in [0, 0.05) is 10.5 Å². The largest absolute Gasteiger partial charge is 0.324 e. The highest BCUT2D eigenvalue weighted by molar-refractivity contribution is 9.10. The van der Waals surface area contributed by atoms with Crippen molar-refractivity contribution in [3.05, 3.63) is 34.3 Å². The standard InChI is InChI=1S/C16H26BrN/c1-2-3-4-5-6-7-8-13-16(18)14-11-9-10-12-15(14)17/h9-12,16H,2-8,13,18H2,1H3. The zero-order chi connectivity index (χ0) is 13.2. The lowest BCUT2D eigenvalue weighted by Gasteiger charge is -2.13. The maximum Gasteiger partial charge on any atom is 0.0306 e. The molecule has 0 radical (unpaired) electrons. The minimum absolute atomic E-state index is 0.177. The highest BCUT2D eigenvalue weighted by Crippen LogP contribution is 2.25. The summed E-state index contributed by atoms with van der Waals surface area (Å²) in [7, 11) is 0. The van der Waals surface area contributed by atoms with Crippen LogP contribution in [0.5, 0.6) is 0 Å². The van der Waals surface area contributed by atoms with E-state index in [0.717, 1.165) is 10.9 Å². The predicted octanol–water partition coefficient (Wildman–Crippen LogP) is 5.59. The topological polar surface area (TPSA) is 26.0 Å². The van der Waals surface area contributed by atoms with Gasteiger partial charge in [-0.25, -0.2) is 0 Å². The molecule has 0 fully saturated rings. The molecule has 0 aliphatic heterocycles. The Balaban J connectivity index is 2.14. The number of hydrogen-bond acceptors (Lipinski definition) is 1. The van der Waals surface area contributed by atoms with E-state index in [1.165, 1.54) is 50.5 Å². The average molecular weight is 312 g/mol. The molecule has 0 aliphatic carbocycles. The fraction of sp³-hybridized carbons (Fsp3) is 0.625. The van der Waals surface area contributed by atoms with Crippen molar-refractivity contribution in [2.45, 2.75) is 64.3 Å². The molecule has 0 amide bonds. The van der Waals surface area contributed by atoms with E-state index in [2.05, 4.69) is 41.1 Å². The molecular formula is C16H26BrN. The summed E-state index contributed by atoms with van der Waals surface area (Å²) in [5.74, 6) is 0. The quantitative estimate of drug-likeness (QED) is 0.591. The van der Waals surface area contributed by atoms with Gasteiger partial charge in [0.2, 0.25) is 0 Å². The van der Waals surface area contributed by atoms with Crippen LogP contribution in [0.25, 0.3) is 0 Å². The number of benzene rings is 1. The van der Waals surface area contributed by atoms with E-state index in [-0.39, 0.29) is 6.04 Å². The molecule has 18 heavy (non-hydrogen) atoms. The van der Waals surface area contributed by atoms with Crippen molar-refractivity contribution in [3.8, 4) is 0 Å². The summed E-state index contributed by atoms with van der Waals surface area (Å²) in [6.45, 7) is 2.26. The van der Waals surface area contributed by atoms with Gasteiger partial charge in [-0.3, -0.25) is 0 Å². The third kappa shape index (κ3) is 6.01. The van der Waals surface area contributed by atoms with E-state index < -0.39 is 0 Å². The van der Waals surface area contributed by atoms with E-state index >= 15 is 0 Å². The van der Waals surface area contributed by atoms with Gasteiger partial charge in [0.15, 0.2) is 0 Å². The van der Waals surface area contributed by atoms with E-state index in [4.69, 9.17) is 5.73 Å². The van der Waals surface area contributed by atoms with Crippen LogP contribution in [-0.4, -0.2) is 0 Å². The minimum atomic E-state index is 0.177. The van der Waals surface area contributed by atoms with Gasteiger partial charge in [-0.2, -0.15) is 0 Å². The first-order valence-corrected chi connectivity index (χ1v) is 8.05. The van der Waals surface area contributed by atoms with E-state index in [1.54, 1.807) is 0 Å². The summed E-state index contributed by atoms with van der Waals surface area (Å²) in [6, 6.07) is 8.46. The van der Waals surface area contributed by atoms with Gasteiger partial charge in [0.05, 0.1) is 0 Å². The molecule has 2 heteroatoms. The number of unbranched alkanes of at least 4 members (excludes halogenated alkanes) is 6. The minimum Gasteiger partial charge on any atom is -0.324 e. The highest BCUT2D eigenvalue weighted by atomic mass is 79.9. The predicted molar refractivity (Wildman–Crippen MR) is 83.7 cm³/mol. The molecule has 0 bridgehead atoms. The summed E-state index contributed by atoms with van der Waals surface area (Å²) >= 11 is 3.57. The van der Waals surface area contributed by atoms with Gasteiger partial charge in [-0.05, 0) is 18.1 Å². The summed E-state index contributed by atoms with van der Waals surface area (Å²) < 4.78 is 1.14. The highest BCUT2D eigenvalue weighted by Gasteiger charge is 2.08. The van der Waals surface area contributed by atoms with Gasteiger partial charge < -0.3 is 5.73 Å². The molecule has 0 aromatic heterocycles. The molecule has 0 saturated carbocycles. The van der Waals surface area contributed by atoms with Crippen molar-refractivity contribution in [3.63, 3.8) is 0 Å². The van der Waals surface area contributed by atoms with Gasteiger partial charge in [-0.1, -0.05) is 86.0 Å². The van der Waals surface area contributed by atoms with Crippen LogP contribution in [0.4, 0.5) is 0 Å². The molecule has 0 heterocycles. The molecule has 1 rings (SSSR count). The maximum absolute atomic E-state index is 6.23. The number of hydrogen-bond donors (Lipinski definition) is 1. The second-order valence-electron chi connectivity index (χ2n) is 5.04. The van der Waals surface area contributed by atoms with Crippen molar-refractivity contribution >= 4 is 15.9 Å². The Morgan fingerprint density at radius 3 is 2.28 bits per heavy atom. The fourth-order valence-electron chi connectivity index (χ4n) is 2.25. The third-order valence-corrected chi connectivity index (χ3v) is 4.15. The van der Waals surface area contributed by atoms with Crippen LogP contribution in [0.15, 0.2) is 28.7 Å². The Morgan fingerprint density at radius 1 is 1.00 bits per heavy atom. The van der Waals surface area contributed by atoms with Gasteiger partial charge >= 0.3 is 0 Å². The second-order valence-corrected chi connectivity index (χ2v) is 5.89. The molecule has 0 spiro atoms. The first-order chi connectivity index (χ1) is 8.75. The summed E-state index contributed by atoms with van der Waals surface area (Å²) in [5.41, 5.74) is 7.47. The monoisotopic (exact) mass is 311 g/mol. The molecule has 1 nitrogen and oxygen atoms in total. The first-order valence-electron chi connectivity index (χ1n) is 7.25. The van der Waals surface area contributed by atoms with Crippen molar-refractivity contribution in [2.24, 2.45) is 5.73 Å². The van der Waals surface area contributed by atoms with Crippen molar-refractivity contribution in [1.82, 2.24) is 0 Å². The van der Waals surface area contributed by atoms with Crippen molar-refractivity contribution in [2.75, 3.05) is 0 Å². The van der Waals surface area contributed by atoms with Gasteiger partial charge in [0.25, 0.3) is 0 Å². The lowest BCUT2D eigenvalue weighted by molar-refractivity contribution is 0.540. The van der Waals surface area contributed by atoms with Crippen molar-refractivity contribution in [1.29, 1.82) is 0 Å². The Bertz CT molecular complexity index is 325. The van der Waals surface area contributed by atoms with Crippen LogP contribution < -0.4 is 5.73 Å². The lowest BCUT2D eigenvalue weighted by Crippen LogP contribution is -2.10. The summed E-state index contributed by atoms with van der Waals surface area (Å²) in [6.07, 6.45) is 10.5. The lowest BCUT2D eigenvalue weighted by atomic mass is 10.0. The molecule has 1 atom stereocenters. The van der Waals surface area contributed by atoms with Gasteiger partial charge in [-0.15, -0.1) is 0 Å². The first kappa shape index (κ1) is 15.7. The smallest absolute Gasteiger partial charge is 0.0306 e. The Kier molecular flexibility index (Phi) is 8.36. The summed E-state index contributed by atoms with van der Waals surface area (Å²) in [5, 5.41) is 0. The third-order valence-electron chi connectivity index (χ3n) is 3.42. The molecule has 1 unspecified atom stereocenters. The van der Waals surface area contributed by atoms with Crippen molar-refractivity contribution < 1.29 is 0 Å². The Hall–Kier alpha value is -0.340. The molecule has 0 saturated heterocycles. The number of rotatable bonds is 9. The maximum atomic E-state index is 6.23. The summed E-state index contributed by atoms with van der Waals surface area (Å²) in [4.78, 5) is 0. The van der Waals surface area contributed by atoms with Crippen LogP contribution in [0.2, 0.25) is 0 Å². The molecule has 1 aromatic carbocycles. The van der Waals surface area contributed by atoms with E-state index in [9.17, 15) is 0 Å². The molecule has 1 aromatic rings. The molecule has 102 valence electrons.